The van der Waals surface area contributed by atoms with Gasteiger partial charge in [0.1, 0.15) is 11.3 Å². The van der Waals surface area contributed by atoms with E-state index >= 15 is 0 Å². The maximum absolute atomic E-state index is 12.5. The van der Waals surface area contributed by atoms with Crippen LogP contribution in [-0.4, -0.2) is 12.5 Å². The van der Waals surface area contributed by atoms with E-state index in [0.29, 0.717) is 30.9 Å². The Hall–Kier alpha value is -3.26. The minimum atomic E-state index is -0.113. The van der Waals surface area contributed by atoms with Crippen molar-refractivity contribution < 1.29 is 13.9 Å². The molecule has 138 valence electrons. The third-order valence-corrected chi connectivity index (χ3v) is 4.44. The van der Waals surface area contributed by atoms with Gasteiger partial charge in [0, 0.05) is 29.1 Å². The van der Waals surface area contributed by atoms with Gasteiger partial charge in [0.15, 0.2) is 0 Å². The monoisotopic (exact) mass is 362 g/mol. The Bertz CT molecular complexity index is 998. The minimum Gasteiger partial charge on any atom is -0.493 e. The van der Waals surface area contributed by atoms with Crippen molar-refractivity contribution in [1.29, 1.82) is 5.26 Å². The van der Waals surface area contributed by atoms with E-state index in [0.717, 1.165) is 16.5 Å². The Kier molecular flexibility index (Phi) is 5.77. The highest BCUT2D eigenvalue weighted by atomic mass is 16.5. The minimum absolute atomic E-state index is 0.113. The first-order valence-corrected chi connectivity index (χ1v) is 8.94. The van der Waals surface area contributed by atoms with Crippen LogP contribution in [0.4, 0.5) is 5.69 Å². The summed E-state index contributed by atoms with van der Waals surface area (Å²) in [7, 11) is 0. The molecule has 1 aromatic heterocycles. The average Bonchev–Trinajstić information content (AvgIpc) is 3.01. The Labute approximate surface area is 158 Å². The summed E-state index contributed by atoms with van der Waals surface area (Å²) in [6.07, 6.45) is 3.04. The Morgan fingerprint density at radius 3 is 2.85 bits per heavy atom. The molecule has 1 amide bonds. The maximum atomic E-state index is 12.5. The highest BCUT2D eigenvalue weighted by Crippen LogP contribution is 2.25. The van der Waals surface area contributed by atoms with Crippen LogP contribution in [-0.2, 0) is 11.2 Å². The first kappa shape index (κ1) is 18.5. The van der Waals surface area contributed by atoms with Gasteiger partial charge in [-0.2, -0.15) is 5.26 Å². The lowest BCUT2D eigenvalue weighted by atomic mass is 10.0. The molecule has 1 heterocycles. The molecule has 0 fully saturated rings. The van der Waals surface area contributed by atoms with Crippen LogP contribution in [0.25, 0.3) is 11.0 Å². The number of fused-ring (bicyclic) bond motifs is 1. The summed E-state index contributed by atoms with van der Waals surface area (Å²) in [4.78, 5) is 12.5. The zero-order chi connectivity index (χ0) is 19.2. The highest BCUT2D eigenvalue weighted by molar-refractivity contribution is 5.95. The molecule has 0 radical (unpaired) electrons. The molecule has 0 atom stereocenters. The number of amides is 1. The molecule has 0 unspecified atom stereocenters. The van der Waals surface area contributed by atoms with Crippen molar-refractivity contribution in [2.24, 2.45) is 0 Å². The van der Waals surface area contributed by atoms with E-state index in [9.17, 15) is 4.79 Å². The molecule has 2 aromatic carbocycles. The van der Waals surface area contributed by atoms with E-state index in [1.54, 1.807) is 12.3 Å². The molecule has 0 saturated heterocycles. The number of nitriles is 1. The Balaban J connectivity index is 1.64. The predicted molar refractivity (Wildman–Crippen MR) is 105 cm³/mol. The number of anilines is 1. The number of furan rings is 1. The van der Waals surface area contributed by atoms with E-state index in [4.69, 9.17) is 14.4 Å². The molecule has 5 heteroatoms. The second-order valence-corrected chi connectivity index (χ2v) is 6.56. The normalized spacial score (nSPS) is 10.6. The molecule has 0 bridgehead atoms. The van der Waals surface area contributed by atoms with Crippen LogP contribution in [0, 0.1) is 25.2 Å². The van der Waals surface area contributed by atoms with Crippen LogP contribution in [0.1, 0.15) is 29.5 Å². The van der Waals surface area contributed by atoms with Crippen molar-refractivity contribution in [2.75, 3.05) is 11.9 Å². The van der Waals surface area contributed by atoms with Crippen molar-refractivity contribution in [3.8, 4) is 11.8 Å². The van der Waals surface area contributed by atoms with Crippen LogP contribution in [0.2, 0.25) is 0 Å². The number of hydrogen-bond donors (Lipinski definition) is 1. The van der Waals surface area contributed by atoms with Crippen LogP contribution >= 0.6 is 0 Å². The van der Waals surface area contributed by atoms with Gasteiger partial charge >= 0.3 is 0 Å². The molecule has 1 N–H and O–H groups in total. The van der Waals surface area contributed by atoms with E-state index < -0.39 is 0 Å². The van der Waals surface area contributed by atoms with Crippen molar-refractivity contribution in [2.45, 2.75) is 33.1 Å². The zero-order valence-electron chi connectivity index (χ0n) is 15.5. The first-order chi connectivity index (χ1) is 13.1. The molecular weight excluding hydrogens is 340 g/mol. The zero-order valence-corrected chi connectivity index (χ0v) is 15.5. The summed E-state index contributed by atoms with van der Waals surface area (Å²) >= 11 is 0. The van der Waals surface area contributed by atoms with Gasteiger partial charge in [-0.05, 0) is 55.7 Å². The van der Waals surface area contributed by atoms with Crippen molar-refractivity contribution >= 4 is 22.6 Å². The van der Waals surface area contributed by atoms with Crippen LogP contribution in [0.15, 0.2) is 47.1 Å². The average molecular weight is 362 g/mol. The number of unbranched alkanes of at least 4 members (excludes halogenated alkanes) is 1. The van der Waals surface area contributed by atoms with Gasteiger partial charge in [-0.25, -0.2) is 0 Å². The van der Waals surface area contributed by atoms with Gasteiger partial charge in [-0.15, -0.1) is 0 Å². The summed E-state index contributed by atoms with van der Waals surface area (Å²) in [5.41, 5.74) is 4.69. The van der Waals surface area contributed by atoms with Gasteiger partial charge in [-0.1, -0.05) is 6.07 Å². The van der Waals surface area contributed by atoms with E-state index in [-0.39, 0.29) is 12.3 Å². The van der Waals surface area contributed by atoms with E-state index in [1.165, 1.54) is 11.1 Å². The Morgan fingerprint density at radius 2 is 2.04 bits per heavy atom. The van der Waals surface area contributed by atoms with Gasteiger partial charge in [0.2, 0.25) is 5.91 Å². The third kappa shape index (κ3) is 4.68. The van der Waals surface area contributed by atoms with Crippen molar-refractivity contribution in [1.82, 2.24) is 0 Å². The lowest BCUT2D eigenvalue weighted by molar-refractivity contribution is -0.115. The highest BCUT2D eigenvalue weighted by Gasteiger charge is 2.12. The molecule has 3 aromatic rings. The summed E-state index contributed by atoms with van der Waals surface area (Å²) in [6, 6.07) is 13.4. The maximum Gasteiger partial charge on any atom is 0.228 e. The molecule has 0 aliphatic carbocycles. The Morgan fingerprint density at radius 1 is 1.22 bits per heavy atom. The topological polar surface area (TPSA) is 75.3 Å². The van der Waals surface area contributed by atoms with Crippen molar-refractivity contribution in [3.63, 3.8) is 0 Å². The lowest BCUT2D eigenvalue weighted by Gasteiger charge is -2.08. The molecule has 0 aliphatic heterocycles. The number of nitrogens with zero attached hydrogens (tertiary/aromatic N) is 1. The molecule has 27 heavy (non-hydrogen) atoms. The molecule has 0 spiro atoms. The lowest BCUT2D eigenvalue weighted by Crippen LogP contribution is -2.14. The summed E-state index contributed by atoms with van der Waals surface area (Å²) in [5, 5.41) is 12.4. The van der Waals surface area contributed by atoms with Crippen molar-refractivity contribution in [3.05, 3.63) is 59.4 Å². The summed E-state index contributed by atoms with van der Waals surface area (Å²) in [6.45, 7) is 4.57. The predicted octanol–water partition coefficient (Wildman–Crippen LogP) is 4.91. The standard InChI is InChI=1S/C22H22N2O3/c1-15-10-20-17(14-27-21(20)11-16(15)2)12-22(25)24-18-6-5-7-19(13-18)26-9-4-3-8-23/h5-7,10-11,13-14H,3-4,9,12H2,1-2H3,(H,24,25). The summed E-state index contributed by atoms with van der Waals surface area (Å²) < 4.78 is 11.2. The number of carbonyl (C=O) groups excluding carboxylic acids is 1. The van der Waals surface area contributed by atoms with Gasteiger partial charge in [0.05, 0.1) is 25.4 Å². The quantitative estimate of drug-likeness (QED) is 0.606. The smallest absolute Gasteiger partial charge is 0.228 e. The van der Waals surface area contributed by atoms with Crippen LogP contribution < -0.4 is 10.1 Å². The van der Waals surface area contributed by atoms with Crippen LogP contribution in [0.5, 0.6) is 5.75 Å². The van der Waals surface area contributed by atoms with Gasteiger partial charge < -0.3 is 14.5 Å². The number of rotatable bonds is 7. The molecule has 0 aliphatic rings. The van der Waals surface area contributed by atoms with E-state index in [2.05, 4.69) is 17.5 Å². The SMILES string of the molecule is Cc1cc2occ(CC(=O)Nc3cccc(OCCCC#N)c3)c2cc1C. The van der Waals surface area contributed by atoms with Crippen LogP contribution in [0.3, 0.4) is 0 Å². The number of ether oxygens (including phenoxy) is 1. The fourth-order valence-electron chi connectivity index (χ4n) is 2.86. The number of hydrogen-bond acceptors (Lipinski definition) is 4. The first-order valence-electron chi connectivity index (χ1n) is 8.94. The van der Waals surface area contributed by atoms with Gasteiger partial charge in [-0.3, -0.25) is 4.79 Å². The van der Waals surface area contributed by atoms with E-state index in [1.807, 2.05) is 38.1 Å². The molecule has 5 nitrogen and oxygen atoms in total. The fourth-order valence-corrected chi connectivity index (χ4v) is 2.86. The largest absolute Gasteiger partial charge is 0.493 e. The van der Waals surface area contributed by atoms with Gasteiger partial charge in [0.25, 0.3) is 0 Å². The molecule has 3 rings (SSSR count). The molecular formula is C22H22N2O3. The fraction of sp³-hybridized carbons (Fsp3) is 0.273. The number of benzene rings is 2. The summed E-state index contributed by atoms with van der Waals surface area (Å²) in [5.74, 6) is 0.558. The second-order valence-electron chi connectivity index (χ2n) is 6.56. The third-order valence-electron chi connectivity index (χ3n) is 4.44. The number of carbonyl (C=O) groups is 1. The second kappa shape index (κ2) is 8.41. The number of aryl methyl sites for hydroxylation is 2. The number of nitrogens with one attached hydrogen (secondary N) is 1. The molecule has 0 saturated carbocycles.